The van der Waals surface area contributed by atoms with Crippen LogP contribution in [0.25, 0.3) is 0 Å². The molecular weight excluding hydrogens is 260 g/mol. The van der Waals surface area contributed by atoms with Crippen LogP contribution in [0.15, 0.2) is 24.3 Å². The lowest BCUT2D eigenvalue weighted by molar-refractivity contribution is -0.125. The van der Waals surface area contributed by atoms with E-state index in [0.29, 0.717) is 12.5 Å². The second-order valence-corrected chi connectivity index (χ2v) is 6.63. The highest BCUT2D eigenvalue weighted by atomic mass is 16.2. The fourth-order valence-corrected chi connectivity index (χ4v) is 3.17. The monoisotopic (exact) mass is 288 g/mol. The summed E-state index contributed by atoms with van der Waals surface area (Å²) in [6, 6.07) is 8.14. The van der Waals surface area contributed by atoms with Gasteiger partial charge < -0.3 is 11.1 Å². The minimum absolute atomic E-state index is 0.104. The van der Waals surface area contributed by atoms with E-state index in [4.69, 9.17) is 5.73 Å². The summed E-state index contributed by atoms with van der Waals surface area (Å²) in [7, 11) is 0. The van der Waals surface area contributed by atoms with Gasteiger partial charge in [-0.1, -0.05) is 51.7 Å². The van der Waals surface area contributed by atoms with Crippen molar-refractivity contribution in [2.45, 2.75) is 58.3 Å². The van der Waals surface area contributed by atoms with Crippen LogP contribution in [0.4, 0.5) is 5.69 Å². The lowest BCUT2D eigenvalue weighted by atomic mass is 9.79. The van der Waals surface area contributed by atoms with Crippen LogP contribution >= 0.6 is 0 Å². The molecule has 1 aliphatic carbocycles. The molecule has 1 amide bonds. The van der Waals surface area contributed by atoms with Gasteiger partial charge in [0.15, 0.2) is 0 Å². The molecule has 0 aromatic heterocycles. The standard InChI is InChI=1S/C18H28N2O/c1-14(2)15-8-7-9-16(12-15)20-17(21)18(13-19)10-5-3-4-6-11-18/h7-9,12,14H,3-6,10-11,13,19H2,1-2H3,(H,20,21). The summed E-state index contributed by atoms with van der Waals surface area (Å²) in [6.45, 7) is 4.77. The van der Waals surface area contributed by atoms with Gasteiger partial charge in [-0.25, -0.2) is 0 Å². The van der Waals surface area contributed by atoms with Crippen molar-refractivity contribution in [3.05, 3.63) is 29.8 Å². The van der Waals surface area contributed by atoms with Gasteiger partial charge in [0.05, 0.1) is 5.41 Å². The van der Waals surface area contributed by atoms with Crippen LogP contribution in [0, 0.1) is 5.41 Å². The zero-order valence-electron chi connectivity index (χ0n) is 13.3. The van der Waals surface area contributed by atoms with Gasteiger partial charge in [0, 0.05) is 12.2 Å². The SMILES string of the molecule is CC(C)c1cccc(NC(=O)C2(CN)CCCCCC2)c1. The molecule has 1 aliphatic rings. The van der Waals surface area contributed by atoms with E-state index >= 15 is 0 Å². The summed E-state index contributed by atoms with van der Waals surface area (Å²) < 4.78 is 0. The Morgan fingerprint density at radius 3 is 2.48 bits per heavy atom. The molecule has 3 nitrogen and oxygen atoms in total. The first kappa shape index (κ1) is 16.0. The molecule has 0 unspecified atom stereocenters. The predicted molar refractivity (Wildman–Crippen MR) is 88.4 cm³/mol. The molecule has 0 radical (unpaired) electrons. The van der Waals surface area contributed by atoms with Crippen LogP contribution in [0.2, 0.25) is 0 Å². The van der Waals surface area contributed by atoms with Gasteiger partial charge in [0.2, 0.25) is 5.91 Å². The smallest absolute Gasteiger partial charge is 0.231 e. The number of nitrogens with one attached hydrogen (secondary N) is 1. The lowest BCUT2D eigenvalue weighted by Gasteiger charge is -2.30. The maximum atomic E-state index is 12.8. The van der Waals surface area contributed by atoms with Gasteiger partial charge in [-0.15, -0.1) is 0 Å². The van der Waals surface area contributed by atoms with Crippen molar-refractivity contribution in [3.8, 4) is 0 Å². The van der Waals surface area contributed by atoms with Crippen LogP contribution in [0.3, 0.4) is 0 Å². The average Bonchev–Trinajstić information content (AvgIpc) is 2.74. The van der Waals surface area contributed by atoms with Crippen LogP contribution in [-0.2, 0) is 4.79 Å². The molecule has 1 saturated carbocycles. The van der Waals surface area contributed by atoms with Crippen LogP contribution in [-0.4, -0.2) is 12.5 Å². The Kier molecular flexibility index (Phi) is 5.40. The Labute approximate surface area is 128 Å². The van der Waals surface area contributed by atoms with E-state index in [1.165, 1.54) is 18.4 Å². The molecule has 1 aromatic rings. The van der Waals surface area contributed by atoms with Crippen molar-refractivity contribution in [2.75, 3.05) is 11.9 Å². The van der Waals surface area contributed by atoms with Crippen molar-refractivity contribution in [1.29, 1.82) is 0 Å². The summed E-state index contributed by atoms with van der Waals surface area (Å²) in [6.07, 6.45) is 6.49. The largest absolute Gasteiger partial charge is 0.329 e. The molecule has 116 valence electrons. The highest BCUT2D eigenvalue weighted by molar-refractivity contribution is 5.95. The summed E-state index contributed by atoms with van der Waals surface area (Å²) in [5.41, 5.74) is 7.75. The van der Waals surface area contributed by atoms with Crippen molar-refractivity contribution < 1.29 is 4.79 Å². The third-order valence-electron chi connectivity index (χ3n) is 4.74. The third kappa shape index (κ3) is 3.85. The number of benzene rings is 1. The maximum absolute atomic E-state index is 12.8. The first-order chi connectivity index (χ1) is 10.1. The van der Waals surface area contributed by atoms with Crippen molar-refractivity contribution in [1.82, 2.24) is 0 Å². The topological polar surface area (TPSA) is 55.1 Å². The molecule has 1 aromatic carbocycles. The summed E-state index contributed by atoms with van der Waals surface area (Å²) in [5, 5.41) is 3.11. The fraction of sp³-hybridized carbons (Fsp3) is 0.611. The Morgan fingerprint density at radius 1 is 1.24 bits per heavy atom. The molecule has 3 heteroatoms. The zero-order valence-corrected chi connectivity index (χ0v) is 13.3. The molecular formula is C18H28N2O. The van der Waals surface area contributed by atoms with Gasteiger partial charge in [0.1, 0.15) is 0 Å². The van der Waals surface area contributed by atoms with E-state index in [-0.39, 0.29) is 11.3 Å². The first-order valence-electron chi connectivity index (χ1n) is 8.19. The number of hydrogen-bond acceptors (Lipinski definition) is 2. The Bertz CT molecular complexity index is 474. The normalized spacial score (nSPS) is 18.3. The molecule has 1 fully saturated rings. The Hall–Kier alpha value is -1.35. The number of hydrogen-bond donors (Lipinski definition) is 2. The van der Waals surface area contributed by atoms with Gasteiger partial charge in [-0.05, 0) is 36.5 Å². The number of anilines is 1. The highest BCUT2D eigenvalue weighted by Crippen LogP contribution is 2.35. The van der Waals surface area contributed by atoms with E-state index in [2.05, 4.69) is 31.3 Å². The molecule has 0 heterocycles. The predicted octanol–water partition coefficient (Wildman–Crippen LogP) is 4.05. The number of amides is 1. The minimum atomic E-state index is -0.371. The lowest BCUT2D eigenvalue weighted by Crippen LogP contribution is -2.42. The molecule has 0 saturated heterocycles. The van der Waals surface area contributed by atoms with Crippen LogP contribution < -0.4 is 11.1 Å². The number of rotatable bonds is 4. The van der Waals surface area contributed by atoms with E-state index in [0.717, 1.165) is 31.4 Å². The van der Waals surface area contributed by atoms with Gasteiger partial charge in [0.25, 0.3) is 0 Å². The Morgan fingerprint density at radius 2 is 1.90 bits per heavy atom. The average molecular weight is 288 g/mol. The minimum Gasteiger partial charge on any atom is -0.329 e. The number of carbonyl (C=O) groups is 1. The maximum Gasteiger partial charge on any atom is 0.231 e. The van der Waals surface area contributed by atoms with Gasteiger partial charge in [-0.2, -0.15) is 0 Å². The zero-order chi connectivity index (χ0) is 15.3. The van der Waals surface area contributed by atoms with E-state index in [9.17, 15) is 4.79 Å². The number of nitrogens with two attached hydrogens (primary N) is 1. The molecule has 0 bridgehead atoms. The van der Waals surface area contributed by atoms with Gasteiger partial charge in [-0.3, -0.25) is 4.79 Å². The molecule has 2 rings (SSSR count). The second kappa shape index (κ2) is 7.08. The van der Waals surface area contributed by atoms with Crippen molar-refractivity contribution >= 4 is 11.6 Å². The molecule has 0 atom stereocenters. The highest BCUT2D eigenvalue weighted by Gasteiger charge is 2.37. The number of carbonyl (C=O) groups excluding carboxylic acids is 1. The fourth-order valence-electron chi connectivity index (χ4n) is 3.17. The van der Waals surface area contributed by atoms with Gasteiger partial charge >= 0.3 is 0 Å². The molecule has 0 aliphatic heterocycles. The van der Waals surface area contributed by atoms with Crippen LogP contribution in [0.1, 0.15) is 63.9 Å². The summed E-state index contributed by atoms with van der Waals surface area (Å²) >= 11 is 0. The molecule has 3 N–H and O–H groups in total. The Balaban J connectivity index is 2.13. The quantitative estimate of drug-likeness (QED) is 0.821. The summed E-state index contributed by atoms with van der Waals surface area (Å²) in [5.74, 6) is 0.566. The van der Waals surface area contributed by atoms with E-state index < -0.39 is 0 Å². The van der Waals surface area contributed by atoms with Crippen LogP contribution in [0.5, 0.6) is 0 Å². The second-order valence-electron chi connectivity index (χ2n) is 6.63. The first-order valence-corrected chi connectivity index (χ1v) is 8.19. The third-order valence-corrected chi connectivity index (χ3v) is 4.74. The van der Waals surface area contributed by atoms with E-state index in [1.54, 1.807) is 0 Å². The van der Waals surface area contributed by atoms with Crippen molar-refractivity contribution in [2.24, 2.45) is 11.1 Å². The van der Waals surface area contributed by atoms with Crippen molar-refractivity contribution in [3.63, 3.8) is 0 Å². The van der Waals surface area contributed by atoms with E-state index in [1.807, 2.05) is 12.1 Å². The molecule has 21 heavy (non-hydrogen) atoms. The molecule has 0 spiro atoms. The summed E-state index contributed by atoms with van der Waals surface area (Å²) in [4.78, 5) is 12.8.